The van der Waals surface area contributed by atoms with Gasteiger partial charge >= 0.3 is 14.5 Å². The number of hydrogen-bond acceptors (Lipinski definition) is 18. The summed E-state index contributed by atoms with van der Waals surface area (Å²) in [6, 6.07) is 0. The van der Waals surface area contributed by atoms with E-state index in [1.165, 1.54) is 15.5 Å². The van der Waals surface area contributed by atoms with E-state index in [1.54, 1.807) is 0 Å². The van der Waals surface area contributed by atoms with Gasteiger partial charge in [0.2, 0.25) is 5.95 Å². The Morgan fingerprint density at radius 3 is 2.18 bits per heavy atom. The number of hydrogen-bond donors (Lipinski definition) is 7. The molecule has 0 radical (unpaired) electrons. The van der Waals surface area contributed by atoms with Crippen molar-refractivity contribution < 1.29 is 52.1 Å². The van der Waals surface area contributed by atoms with Gasteiger partial charge in [-0.25, -0.2) is 24.5 Å². The number of fused-ring (bicyclic) bond motifs is 6. The summed E-state index contributed by atoms with van der Waals surface area (Å²) in [4.78, 5) is 56.5. The minimum atomic E-state index is -5.03. The molecule has 0 spiro atoms. The molecular formula is C20H24N10O12P2S. The minimum absolute atomic E-state index is 0.0453. The van der Waals surface area contributed by atoms with Crippen molar-refractivity contribution in [1.29, 1.82) is 0 Å². The first kappa shape index (κ1) is 30.6. The van der Waals surface area contributed by atoms with E-state index in [1.807, 2.05) is 0 Å². The molecule has 0 amide bonds. The average molecular weight is 690 g/mol. The Labute approximate surface area is 254 Å². The van der Waals surface area contributed by atoms with Crippen LogP contribution in [0.15, 0.2) is 23.8 Å². The highest BCUT2D eigenvalue weighted by Crippen LogP contribution is 2.54. The van der Waals surface area contributed by atoms with Crippen molar-refractivity contribution >= 4 is 60.4 Å². The Balaban J connectivity index is 1.23. The van der Waals surface area contributed by atoms with Crippen LogP contribution < -0.4 is 17.0 Å². The van der Waals surface area contributed by atoms with Gasteiger partial charge < -0.3 is 45.5 Å². The molecule has 0 aliphatic carbocycles. The minimum Gasteiger partial charge on any atom is -0.387 e. The summed E-state index contributed by atoms with van der Waals surface area (Å²) in [7, 11) is -5.03. The third-order valence-corrected chi connectivity index (χ3v) is 9.87. The number of phosphoric ester groups is 1. The monoisotopic (exact) mass is 690 g/mol. The van der Waals surface area contributed by atoms with Crippen LogP contribution in [0.5, 0.6) is 0 Å². The normalized spacial score (nSPS) is 37.7. The van der Waals surface area contributed by atoms with Crippen LogP contribution in [0.4, 0.5) is 11.8 Å². The molecule has 7 rings (SSSR count). The summed E-state index contributed by atoms with van der Waals surface area (Å²) in [5.74, 6) is -0.201. The molecule has 7 heterocycles. The van der Waals surface area contributed by atoms with Gasteiger partial charge in [0.1, 0.15) is 48.5 Å². The van der Waals surface area contributed by atoms with Gasteiger partial charge in [0, 0.05) is 0 Å². The molecule has 3 aliphatic heterocycles. The Hall–Kier alpha value is -3.02. The number of nitrogen functional groups attached to an aromatic ring is 2. The van der Waals surface area contributed by atoms with Crippen LogP contribution in [0.1, 0.15) is 12.5 Å². The molecular weight excluding hydrogens is 666 g/mol. The van der Waals surface area contributed by atoms with Crippen LogP contribution in [0, 0.1) is 0 Å². The number of nitrogens with two attached hydrogens (primary N) is 2. The maximum atomic E-state index is 13.2. The molecule has 4 aromatic rings. The largest absolute Gasteiger partial charge is 0.472 e. The van der Waals surface area contributed by atoms with Crippen molar-refractivity contribution in [1.82, 2.24) is 39.0 Å². The van der Waals surface area contributed by atoms with Crippen molar-refractivity contribution in [2.75, 3.05) is 24.7 Å². The molecule has 3 fully saturated rings. The number of anilines is 2. The summed E-state index contributed by atoms with van der Waals surface area (Å²) >= 11 is 5.21. The van der Waals surface area contributed by atoms with Gasteiger partial charge in [-0.2, -0.15) is 4.98 Å². The molecule has 4 bridgehead atoms. The van der Waals surface area contributed by atoms with E-state index in [-0.39, 0.29) is 34.1 Å². The Kier molecular flexibility index (Phi) is 7.52. The number of imidazole rings is 2. The van der Waals surface area contributed by atoms with E-state index in [0.717, 1.165) is 12.7 Å². The fourth-order valence-electron chi connectivity index (χ4n) is 5.28. The van der Waals surface area contributed by atoms with Gasteiger partial charge in [0.15, 0.2) is 35.1 Å². The van der Waals surface area contributed by atoms with Gasteiger partial charge in [-0.15, -0.1) is 0 Å². The second-order valence-corrected chi connectivity index (χ2v) is 14.3. The van der Waals surface area contributed by atoms with Gasteiger partial charge in [0.05, 0.1) is 25.9 Å². The highest BCUT2D eigenvalue weighted by molar-refractivity contribution is 8.07. The molecule has 3 aliphatic rings. The number of phosphoric acid groups is 1. The van der Waals surface area contributed by atoms with E-state index >= 15 is 0 Å². The Morgan fingerprint density at radius 2 is 1.49 bits per heavy atom. The first-order chi connectivity index (χ1) is 21.3. The second kappa shape index (κ2) is 11.1. The Morgan fingerprint density at radius 1 is 0.889 bits per heavy atom. The predicted octanol–water partition coefficient (Wildman–Crippen LogP) is -2.23. The molecule has 25 heteroatoms. The lowest BCUT2D eigenvalue weighted by Crippen LogP contribution is -2.38. The van der Waals surface area contributed by atoms with Gasteiger partial charge in [-0.1, -0.05) is 0 Å². The maximum Gasteiger partial charge on any atom is 0.472 e. The van der Waals surface area contributed by atoms with Crippen molar-refractivity contribution in [3.05, 3.63) is 29.3 Å². The first-order valence-corrected chi connectivity index (χ1v) is 17.0. The smallest absolute Gasteiger partial charge is 0.387 e. The third-order valence-electron chi connectivity index (χ3n) is 7.33. The lowest BCUT2D eigenvalue weighted by Gasteiger charge is -2.27. The third kappa shape index (κ3) is 5.44. The molecule has 3 saturated heterocycles. The standard InChI is InChI=1S/C20H24N10O12P2S/c21-14-8-15(24-3-23-14)29(4-25-8)18-12-10(31)7(40-18)2-38-44(36,45)42-13-11(32)6(1-37-43(34,35)41-12)39-19(13)30-5-26-9-16(30)27-20(22)28-17(9)33/h3-7,10-13,18-19,31-32H,1-2H2,(H,34,35)(H,36,45)(H2,21,23,24)(H3,22,27,28,33)/t6-,7-,10?,11+,12+,13?,18-,19-,44?/m1/s1. The second-order valence-electron chi connectivity index (χ2n) is 10.1. The van der Waals surface area contributed by atoms with Crippen LogP contribution >= 0.6 is 14.5 Å². The quantitative estimate of drug-likeness (QED) is 0.109. The van der Waals surface area contributed by atoms with Crippen LogP contribution in [0.2, 0.25) is 0 Å². The lowest BCUT2D eigenvalue weighted by molar-refractivity contribution is -0.0649. The van der Waals surface area contributed by atoms with E-state index < -0.39 is 82.4 Å². The van der Waals surface area contributed by atoms with Gasteiger partial charge in [-0.3, -0.25) is 32.5 Å². The number of ether oxygens (including phenoxy) is 2. The summed E-state index contributed by atoms with van der Waals surface area (Å²) in [6.07, 6.45) is -8.26. The molecule has 0 saturated carbocycles. The molecule has 45 heavy (non-hydrogen) atoms. The zero-order chi connectivity index (χ0) is 31.8. The predicted molar refractivity (Wildman–Crippen MR) is 150 cm³/mol. The molecule has 242 valence electrons. The fourth-order valence-corrected chi connectivity index (χ4v) is 7.62. The highest BCUT2D eigenvalue weighted by Gasteiger charge is 2.53. The summed E-state index contributed by atoms with van der Waals surface area (Å²) in [5, 5.41) is 22.3. The summed E-state index contributed by atoms with van der Waals surface area (Å²) in [5.41, 5.74) is 11.0. The van der Waals surface area contributed by atoms with Crippen LogP contribution in [-0.2, 0) is 43.9 Å². The zero-order valence-electron chi connectivity index (χ0n) is 22.4. The molecule has 4 aromatic heterocycles. The number of aromatic amines is 1. The Bertz CT molecular complexity index is 1940. The van der Waals surface area contributed by atoms with Crippen molar-refractivity contribution in [3.8, 4) is 0 Å². The number of aromatic nitrogens is 8. The fraction of sp³-hybridized carbons (Fsp3) is 0.500. The molecule has 10 atom stereocenters. The first-order valence-electron chi connectivity index (χ1n) is 13.0. The average Bonchev–Trinajstić information content (AvgIpc) is 3.72. The SMILES string of the molecule is Nc1nc2c(ncn2[C@@H]2O[C@@H]3COP(=O)(O)O[C@H]4C(O)[C@@H](COP(O)(=S)OC2[C@H]3O)O[C@H]4n2cnc3c(N)ncnc32)c(=O)[nH]1. The highest BCUT2D eigenvalue weighted by atomic mass is 32.5. The molecule has 0 aromatic carbocycles. The van der Waals surface area contributed by atoms with Crippen molar-refractivity contribution in [2.45, 2.75) is 49.1 Å². The number of aliphatic hydroxyl groups is 2. The van der Waals surface area contributed by atoms with E-state index in [2.05, 4.69) is 29.9 Å². The molecule has 22 nitrogen and oxygen atoms in total. The van der Waals surface area contributed by atoms with E-state index in [4.69, 9.17) is 50.8 Å². The number of aliphatic hydroxyl groups excluding tert-OH is 2. The lowest BCUT2D eigenvalue weighted by atomic mass is 10.1. The summed E-state index contributed by atoms with van der Waals surface area (Å²) < 4.78 is 49.2. The molecule has 4 unspecified atom stereocenters. The van der Waals surface area contributed by atoms with Gasteiger partial charge in [0.25, 0.3) is 5.56 Å². The topological polar surface area (TPSA) is 313 Å². The number of nitrogens with zero attached hydrogens (tertiary/aromatic N) is 7. The number of H-pyrrole nitrogens is 1. The van der Waals surface area contributed by atoms with Crippen LogP contribution in [0.25, 0.3) is 22.3 Å². The van der Waals surface area contributed by atoms with Crippen LogP contribution in [0.3, 0.4) is 0 Å². The van der Waals surface area contributed by atoms with Crippen LogP contribution in [-0.4, -0.2) is 109 Å². The number of rotatable bonds is 2. The maximum absolute atomic E-state index is 13.2. The molecule has 9 N–H and O–H groups in total. The van der Waals surface area contributed by atoms with E-state index in [9.17, 15) is 29.4 Å². The summed E-state index contributed by atoms with van der Waals surface area (Å²) in [6.45, 7) is -5.63. The van der Waals surface area contributed by atoms with Crippen molar-refractivity contribution in [3.63, 3.8) is 0 Å². The van der Waals surface area contributed by atoms with Crippen molar-refractivity contribution in [2.24, 2.45) is 0 Å². The van der Waals surface area contributed by atoms with Gasteiger partial charge in [-0.05, 0) is 11.8 Å². The van der Waals surface area contributed by atoms with E-state index in [0.29, 0.717) is 0 Å². The zero-order valence-corrected chi connectivity index (χ0v) is 25.0. The number of nitrogens with one attached hydrogen (secondary N) is 1.